The average molecular weight is 343 g/mol. The molecule has 2 aromatic rings. The second-order valence-electron chi connectivity index (χ2n) is 4.81. The number of nitrogens with zero attached hydrogens (tertiary/aromatic N) is 2. The van der Waals surface area contributed by atoms with Gasteiger partial charge in [-0.05, 0) is 31.3 Å². The highest BCUT2D eigenvalue weighted by Crippen LogP contribution is 2.20. The highest BCUT2D eigenvalue weighted by atomic mass is 32.2. The molecule has 0 amide bonds. The van der Waals surface area contributed by atoms with Crippen LogP contribution in [0.4, 0.5) is 0 Å². The number of hydrogen-bond acceptors (Lipinski definition) is 5. The first-order chi connectivity index (χ1) is 10.2. The van der Waals surface area contributed by atoms with E-state index in [1.54, 1.807) is 29.1 Å². The van der Waals surface area contributed by atoms with Crippen LogP contribution in [0.2, 0.25) is 0 Å². The number of sulfonamides is 1. The lowest BCUT2D eigenvalue weighted by atomic mass is 10.2. The molecule has 1 heterocycles. The maximum Gasteiger partial charge on any atom is 0.240 e. The van der Waals surface area contributed by atoms with E-state index in [1.165, 1.54) is 25.4 Å². The van der Waals surface area contributed by atoms with Crippen LogP contribution in [0.25, 0.3) is 11.4 Å². The lowest BCUT2D eigenvalue weighted by Gasteiger charge is -2.08. The van der Waals surface area contributed by atoms with E-state index in [0.29, 0.717) is 17.9 Å². The third-order valence-corrected chi connectivity index (χ3v) is 5.46. The van der Waals surface area contributed by atoms with Gasteiger partial charge in [0, 0.05) is 30.8 Å². The Bertz CT molecular complexity index is 853. The SMILES string of the molecule is CNS(=O)(=O)c1ccc(-c2nccn2CCS(C)(=O)=O)cc1. The molecule has 22 heavy (non-hydrogen) atoms. The van der Waals surface area contributed by atoms with Crippen LogP contribution in [0.5, 0.6) is 0 Å². The fourth-order valence-corrected chi connectivity index (χ4v) is 3.17. The van der Waals surface area contributed by atoms with E-state index in [-0.39, 0.29) is 10.6 Å². The van der Waals surface area contributed by atoms with Crippen LogP contribution in [0, 0.1) is 0 Å². The first kappa shape index (κ1) is 16.7. The Morgan fingerprint density at radius 3 is 2.32 bits per heavy atom. The molecule has 0 atom stereocenters. The monoisotopic (exact) mass is 343 g/mol. The van der Waals surface area contributed by atoms with Gasteiger partial charge >= 0.3 is 0 Å². The van der Waals surface area contributed by atoms with Crippen molar-refractivity contribution in [3.8, 4) is 11.4 Å². The number of benzene rings is 1. The molecule has 0 aliphatic rings. The van der Waals surface area contributed by atoms with Gasteiger partial charge in [-0.3, -0.25) is 0 Å². The normalized spacial score (nSPS) is 12.5. The largest absolute Gasteiger partial charge is 0.330 e. The Kier molecular flexibility index (Phi) is 4.69. The number of imidazole rings is 1. The lowest BCUT2D eigenvalue weighted by Crippen LogP contribution is -2.18. The molecule has 0 radical (unpaired) electrons. The first-order valence-corrected chi connectivity index (χ1v) is 10.0. The molecule has 0 aliphatic heterocycles. The van der Waals surface area contributed by atoms with Gasteiger partial charge in [0.05, 0.1) is 10.6 Å². The van der Waals surface area contributed by atoms with E-state index in [1.807, 2.05) is 0 Å². The molecule has 1 aromatic carbocycles. The van der Waals surface area contributed by atoms with Crippen LogP contribution >= 0.6 is 0 Å². The number of sulfone groups is 1. The van der Waals surface area contributed by atoms with Crippen LogP contribution in [-0.4, -0.2) is 45.4 Å². The fraction of sp³-hybridized carbons (Fsp3) is 0.308. The molecule has 9 heteroatoms. The number of hydrogen-bond donors (Lipinski definition) is 1. The second-order valence-corrected chi connectivity index (χ2v) is 8.95. The number of rotatable bonds is 6. The van der Waals surface area contributed by atoms with Gasteiger partial charge in [-0.25, -0.2) is 26.5 Å². The summed E-state index contributed by atoms with van der Waals surface area (Å²) in [6, 6.07) is 6.25. The molecule has 0 fully saturated rings. The van der Waals surface area contributed by atoms with E-state index in [0.717, 1.165) is 0 Å². The maximum atomic E-state index is 11.7. The third kappa shape index (κ3) is 3.93. The zero-order valence-electron chi connectivity index (χ0n) is 12.2. The minimum atomic E-state index is -3.48. The summed E-state index contributed by atoms with van der Waals surface area (Å²) in [7, 11) is -5.20. The van der Waals surface area contributed by atoms with Crippen molar-refractivity contribution in [3.63, 3.8) is 0 Å². The van der Waals surface area contributed by atoms with E-state index >= 15 is 0 Å². The summed E-state index contributed by atoms with van der Waals surface area (Å²) < 4.78 is 49.8. The van der Waals surface area contributed by atoms with Crippen molar-refractivity contribution in [3.05, 3.63) is 36.7 Å². The van der Waals surface area contributed by atoms with Gasteiger partial charge in [-0.15, -0.1) is 0 Å². The molecule has 0 bridgehead atoms. The highest BCUT2D eigenvalue weighted by Gasteiger charge is 2.13. The molecule has 0 unspecified atom stereocenters. The topological polar surface area (TPSA) is 98.1 Å². The summed E-state index contributed by atoms with van der Waals surface area (Å²) in [6.45, 7) is 0.296. The van der Waals surface area contributed by atoms with E-state index in [2.05, 4.69) is 9.71 Å². The molecule has 1 N–H and O–H groups in total. The van der Waals surface area contributed by atoms with Crippen LogP contribution in [0.1, 0.15) is 0 Å². The van der Waals surface area contributed by atoms with Crippen LogP contribution in [0.3, 0.4) is 0 Å². The number of nitrogens with one attached hydrogen (secondary N) is 1. The molecule has 2 rings (SSSR count). The summed E-state index contributed by atoms with van der Waals surface area (Å²) in [5.41, 5.74) is 0.716. The van der Waals surface area contributed by atoms with Gasteiger partial charge < -0.3 is 4.57 Å². The summed E-state index contributed by atoms with van der Waals surface area (Å²) in [5.74, 6) is 0.611. The van der Waals surface area contributed by atoms with Gasteiger partial charge in [0.2, 0.25) is 10.0 Å². The van der Waals surface area contributed by atoms with Crippen LogP contribution < -0.4 is 4.72 Å². The molecule has 1 aromatic heterocycles. The van der Waals surface area contributed by atoms with Crippen molar-refractivity contribution in [2.75, 3.05) is 19.1 Å². The predicted molar refractivity (Wildman–Crippen MR) is 83.6 cm³/mol. The standard InChI is InChI=1S/C13H17N3O4S2/c1-14-22(19,20)12-5-3-11(4-6-12)13-15-7-8-16(13)9-10-21(2,17)18/h3-8,14H,9-10H2,1-2H3. The van der Waals surface area contributed by atoms with Gasteiger partial charge in [-0.1, -0.05) is 0 Å². The number of aryl methyl sites for hydroxylation is 1. The Morgan fingerprint density at radius 1 is 1.14 bits per heavy atom. The molecular weight excluding hydrogens is 326 g/mol. The third-order valence-electron chi connectivity index (χ3n) is 3.11. The van der Waals surface area contributed by atoms with Crippen molar-refractivity contribution in [2.24, 2.45) is 0 Å². The predicted octanol–water partition coefficient (Wildman–Crippen LogP) is 0.503. The first-order valence-electron chi connectivity index (χ1n) is 6.46. The van der Waals surface area contributed by atoms with E-state index in [9.17, 15) is 16.8 Å². The van der Waals surface area contributed by atoms with Gasteiger partial charge in [0.15, 0.2) is 0 Å². The summed E-state index contributed by atoms with van der Waals surface area (Å²) in [4.78, 5) is 4.36. The Hall–Kier alpha value is -1.71. The molecular formula is C13H17N3O4S2. The van der Waals surface area contributed by atoms with Crippen molar-refractivity contribution in [1.29, 1.82) is 0 Å². The zero-order chi connectivity index (χ0) is 16.4. The Labute approximate surface area is 130 Å². The van der Waals surface area contributed by atoms with Crippen LogP contribution in [-0.2, 0) is 26.4 Å². The molecule has 120 valence electrons. The Balaban J connectivity index is 2.28. The second kappa shape index (κ2) is 6.19. The van der Waals surface area contributed by atoms with Crippen molar-refractivity contribution >= 4 is 19.9 Å². The highest BCUT2D eigenvalue weighted by molar-refractivity contribution is 7.90. The molecule has 0 aliphatic carbocycles. The van der Waals surface area contributed by atoms with Crippen molar-refractivity contribution < 1.29 is 16.8 Å². The van der Waals surface area contributed by atoms with Gasteiger partial charge in [-0.2, -0.15) is 0 Å². The lowest BCUT2D eigenvalue weighted by molar-refractivity contribution is 0.587. The van der Waals surface area contributed by atoms with Crippen molar-refractivity contribution in [1.82, 2.24) is 14.3 Å². The number of aromatic nitrogens is 2. The van der Waals surface area contributed by atoms with Crippen molar-refractivity contribution in [2.45, 2.75) is 11.4 Å². The molecule has 0 saturated carbocycles. The van der Waals surface area contributed by atoms with Gasteiger partial charge in [0.1, 0.15) is 15.7 Å². The van der Waals surface area contributed by atoms with Crippen LogP contribution in [0.15, 0.2) is 41.6 Å². The zero-order valence-corrected chi connectivity index (χ0v) is 13.9. The smallest absolute Gasteiger partial charge is 0.240 e. The quantitative estimate of drug-likeness (QED) is 0.824. The Morgan fingerprint density at radius 2 is 1.77 bits per heavy atom. The molecule has 0 saturated heterocycles. The average Bonchev–Trinajstić information content (AvgIpc) is 2.93. The molecule has 0 spiro atoms. The van der Waals surface area contributed by atoms with E-state index < -0.39 is 19.9 Å². The molecule has 7 nitrogen and oxygen atoms in total. The minimum absolute atomic E-state index is 0.0164. The summed E-state index contributed by atoms with van der Waals surface area (Å²) in [5, 5.41) is 0. The summed E-state index contributed by atoms with van der Waals surface area (Å²) >= 11 is 0. The maximum absolute atomic E-state index is 11.7. The van der Waals surface area contributed by atoms with E-state index in [4.69, 9.17) is 0 Å². The van der Waals surface area contributed by atoms with Gasteiger partial charge in [0.25, 0.3) is 0 Å². The summed E-state index contributed by atoms with van der Waals surface area (Å²) in [6.07, 6.45) is 4.45. The fourth-order valence-electron chi connectivity index (χ4n) is 1.92. The minimum Gasteiger partial charge on any atom is -0.330 e.